The van der Waals surface area contributed by atoms with Crippen molar-refractivity contribution in [2.45, 2.75) is 31.5 Å². The van der Waals surface area contributed by atoms with Crippen molar-refractivity contribution in [3.8, 4) is 0 Å². The van der Waals surface area contributed by atoms with Gasteiger partial charge >= 0.3 is 0 Å². The summed E-state index contributed by atoms with van der Waals surface area (Å²) in [6, 6.07) is 0.534. The Balaban J connectivity index is 1.97. The smallest absolute Gasteiger partial charge is 0.0867 e. The van der Waals surface area contributed by atoms with Gasteiger partial charge < -0.3 is 15.8 Å². The van der Waals surface area contributed by atoms with E-state index in [0.29, 0.717) is 12.1 Å². The van der Waals surface area contributed by atoms with Crippen LogP contribution < -0.4 is 11.1 Å². The molecule has 0 spiro atoms. The van der Waals surface area contributed by atoms with Crippen LogP contribution in [0.5, 0.6) is 0 Å². The number of nitrogens with zero attached hydrogens (tertiary/aromatic N) is 1. The first-order valence-corrected chi connectivity index (χ1v) is 5.41. The molecule has 3 N–H and O–H groups in total. The lowest BCUT2D eigenvalue weighted by Crippen LogP contribution is -2.56. The van der Waals surface area contributed by atoms with E-state index < -0.39 is 0 Å². The van der Waals surface area contributed by atoms with Crippen LogP contribution in [0.15, 0.2) is 0 Å². The molecule has 4 nitrogen and oxygen atoms in total. The largest absolute Gasteiger partial charge is 0.374 e. The van der Waals surface area contributed by atoms with E-state index in [1.807, 2.05) is 0 Å². The molecule has 0 saturated carbocycles. The third kappa shape index (κ3) is 2.25. The summed E-state index contributed by atoms with van der Waals surface area (Å²) >= 11 is 0. The van der Waals surface area contributed by atoms with Crippen molar-refractivity contribution < 1.29 is 4.74 Å². The molecule has 0 bridgehead atoms. The number of hydrogen-bond acceptors (Lipinski definition) is 4. The van der Waals surface area contributed by atoms with Gasteiger partial charge in [-0.2, -0.15) is 0 Å². The molecule has 2 fully saturated rings. The quantitative estimate of drug-likeness (QED) is 0.623. The Kier molecular flexibility index (Phi) is 2.79. The highest BCUT2D eigenvalue weighted by Crippen LogP contribution is 2.18. The second kappa shape index (κ2) is 3.77. The molecule has 0 unspecified atom stereocenters. The molecule has 0 aliphatic carbocycles. The summed E-state index contributed by atoms with van der Waals surface area (Å²) < 4.78 is 5.70. The van der Waals surface area contributed by atoms with Crippen molar-refractivity contribution in [3.05, 3.63) is 0 Å². The van der Waals surface area contributed by atoms with Gasteiger partial charge in [-0.05, 0) is 13.8 Å². The van der Waals surface area contributed by atoms with E-state index in [9.17, 15) is 0 Å². The average molecular weight is 199 g/mol. The lowest BCUT2D eigenvalue weighted by Gasteiger charge is -2.40. The van der Waals surface area contributed by atoms with Gasteiger partial charge in [0, 0.05) is 37.8 Å². The predicted octanol–water partition coefficient (Wildman–Crippen LogP) is -0.604. The van der Waals surface area contributed by atoms with Crippen LogP contribution >= 0.6 is 0 Å². The lowest BCUT2D eigenvalue weighted by atomic mass is 10.0. The number of rotatable bonds is 2. The number of ether oxygens (including phenoxy) is 1. The van der Waals surface area contributed by atoms with Crippen molar-refractivity contribution >= 4 is 0 Å². The zero-order valence-electron chi connectivity index (χ0n) is 9.12. The molecule has 2 saturated heterocycles. The Labute approximate surface area is 85.8 Å². The number of nitrogens with one attached hydrogen (secondary N) is 1. The zero-order chi connectivity index (χ0) is 10.2. The first-order chi connectivity index (χ1) is 6.56. The summed E-state index contributed by atoms with van der Waals surface area (Å²) in [5.74, 6) is 0. The van der Waals surface area contributed by atoms with E-state index in [1.54, 1.807) is 0 Å². The van der Waals surface area contributed by atoms with Crippen LogP contribution in [0.3, 0.4) is 0 Å². The Morgan fingerprint density at radius 2 is 2.29 bits per heavy atom. The molecular weight excluding hydrogens is 178 g/mol. The monoisotopic (exact) mass is 199 g/mol. The summed E-state index contributed by atoms with van der Waals surface area (Å²) in [5.41, 5.74) is 5.94. The maximum atomic E-state index is 6.05. The summed E-state index contributed by atoms with van der Waals surface area (Å²) in [7, 11) is 0. The topological polar surface area (TPSA) is 50.5 Å². The van der Waals surface area contributed by atoms with Crippen LogP contribution in [0.1, 0.15) is 13.8 Å². The Morgan fingerprint density at radius 3 is 3.00 bits per heavy atom. The van der Waals surface area contributed by atoms with Crippen molar-refractivity contribution in [2.24, 2.45) is 5.73 Å². The molecule has 0 aromatic carbocycles. The van der Waals surface area contributed by atoms with Crippen LogP contribution in [0, 0.1) is 0 Å². The highest BCUT2D eigenvalue weighted by atomic mass is 16.5. The molecule has 0 radical (unpaired) electrons. The zero-order valence-corrected chi connectivity index (χ0v) is 9.12. The minimum absolute atomic E-state index is 0.107. The third-order valence-corrected chi connectivity index (χ3v) is 2.92. The van der Waals surface area contributed by atoms with Gasteiger partial charge in [-0.15, -0.1) is 0 Å². The maximum Gasteiger partial charge on any atom is 0.0867 e. The fourth-order valence-electron chi connectivity index (χ4n) is 2.38. The van der Waals surface area contributed by atoms with E-state index in [1.165, 1.54) is 0 Å². The van der Waals surface area contributed by atoms with Gasteiger partial charge in [0.15, 0.2) is 0 Å². The fourth-order valence-corrected chi connectivity index (χ4v) is 2.38. The molecule has 2 atom stereocenters. The molecule has 2 heterocycles. The molecular formula is C10H21N3O. The van der Waals surface area contributed by atoms with Crippen molar-refractivity contribution in [2.75, 3.05) is 32.8 Å². The standard InChI is InChI=1S/C10H21N3O/c1-10(2,11)7-13-3-4-14-9-6-12-5-8(9)13/h8-9,12H,3-7,11H2,1-2H3/t8-,9-/m1/s1. The first kappa shape index (κ1) is 10.4. The minimum atomic E-state index is -0.107. The number of fused-ring (bicyclic) bond motifs is 1. The molecule has 2 aliphatic rings. The maximum absolute atomic E-state index is 6.05. The van der Waals surface area contributed by atoms with E-state index >= 15 is 0 Å². The van der Waals surface area contributed by atoms with Gasteiger partial charge in [0.05, 0.1) is 12.7 Å². The Hall–Kier alpha value is -0.160. The van der Waals surface area contributed by atoms with E-state index in [-0.39, 0.29) is 5.54 Å². The Bertz CT molecular complexity index is 202. The number of hydrogen-bond donors (Lipinski definition) is 2. The summed E-state index contributed by atoms with van der Waals surface area (Å²) in [5, 5.41) is 3.37. The summed E-state index contributed by atoms with van der Waals surface area (Å²) in [6.07, 6.45) is 0.381. The molecule has 14 heavy (non-hydrogen) atoms. The fraction of sp³-hybridized carbons (Fsp3) is 1.00. The second-order valence-electron chi connectivity index (χ2n) is 5.09. The van der Waals surface area contributed by atoms with Crippen LogP contribution in [0.4, 0.5) is 0 Å². The number of morpholine rings is 1. The van der Waals surface area contributed by atoms with Gasteiger partial charge in [0.2, 0.25) is 0 Å². The number of nitrogens with two attached hydrogens (primary N) is 1. The minimum Gasteiger partial charge on any atom is -0.374 e. The predicted molar refractivity (Wildman–Crippen MR) is 56.2 cm³/mol. The first-order valence-electron chi connectivity index (χ1n) is 5.41. The van der Waals surface area contributed by atoms with Crippen LogP contribution in [0.2, 0.25) is 0 Å². The molecule has 4 heteroatoms. The molecule has 0 amide bonds. The van der Waals surface area contributed by atoms with Crippen LogP contribution in [-0.2, 0) is 4.74 Å². The SMILES string of the molecule is CC(C)(N)CN1CCO[C@@H]2CNC[C@H]21. The van der Waals surface area contributed by atoms with E-state index in [0.717, 1.165) is 32.8 Å². The molecule has 0 aromatic heterocycles. The van der Waals surface area contributed by atoms with E-state index in [2.05, 4.69) is 24.1 Å². The van der Waals surface area contributed by atoms with Gasteiger partial charge in [-0.1, -0.05) is 0 Å². The van der Waals surface area contributed by atoms with Crippen LogP contribution in [-0.4, -0.2) is 55.4 Å². The average Bonchev–Trinajstić information content (AvgIpc) is 2.49. The third-order valence-electron chi connectivity index (χ3n) is 2.92. The van der Waals surface area contributed by atoms with Gasteiger partial charge in [0.1, 0.15) is 0 Å². The summed E-state index contributed by atoms with van der Waals surface area (Å²) in [6.45, 7) is 9.02. The van der Waals surface area contributed by atoms with Gasteiger partial charge in [0.25, 0.3) is 0 Å². The molecule has 2 rings (SSSR count). The highest BCUT2D eigenvalue weighted by molar-refractivity contribution is 4.94. The normalized spacial score (nSPS) is 34.5. The van der Waals surface area contributed by atoms with Crippen molar-refractivity contribution in [3.63, 3.8) is 0 Å². The highest BCUT2D eigenvalue weighted by Gasteiger charge is 2.37. The molecule has 2 aliphatic heterocycles. The molecule has 82 valence electrons. The lowest BCUT2D eigenvalue weighted by molar-refractivity contribution is -0.0517. The Morgan fingerprint density at radius 1 is 1.50 bits per heavy atom. The van der Waals surface area contributed by atoms with Crippen molar-refractivity contribution in [1.82, 2.24) is 10.2 Å². The van der Waals surface area contributed by atoms with Gasteiger partial charge in [-0.25, -0.2) is 0 Å². The van der Waals surface area contributed by atoms with Crippen molar-refractivity contribution in [1.29, 1.82) is 0 Å². The van der Waals surface area contributed by atoms with Gasteiger partial charge in [-0.3, -0.25) is 4.90 Å². The molecule has 0 aromatic rings. The summed E-state index contributed by atoms with van der Waals surface area (Å²) in [4.78, 5) is 2.47. The second-order valence-corrected chi connectivity index (χ2v) is 5.09. The van der Waals surface area contributed by atoms with E-state index in [4.69, 9.17) is 10.5 Å². The van der Waals surface area contributed by atoms with Crippen LogP contribution in [0.25, 0.3) is 0 Å².